The zero-order valence-electron chi connectivity index (χ0n) is 28.0. The van der Waals surface area contributed by atoms with Gasteiger partial charge >= 0.3 is 6.09 Å². The zero-order chi connectivity index (χ0) is 35.2. The molecule has 3 aliphatic rings. The minimum absolute atomic E-state index is 0.116. The number of sulfonamides is 1. The molecule has 2 heterocycles. The van der Waals surface area contributed by atoms with Crippen molar-refractivity contribution < 1.29 is 32.3 Å². The number of carbonyl (C=O) groups excluding carboxylic acids is 4. The number of nitrogens with zero attached hydrogens (tertiary/aromatic N) is 1. The van der Waals surface area contributed by atoms with E-state index in [2.05, 4.69) is 26.9 Å². The number of aromatic nitrogens is 1. The first-order chi connectivity index (χ1) is 23.5. The summed E-state index contributed by atoms with van der Waals surface area (Å²) in [4.78, 5) is 69.4. The number of rotatable bonds is 17. The number of alkyl carbamates (subject to hydrolysis) is 1. The van der Waals surface area contributed by atoms with Gasteiger partial charge in [0.2, 0.25) is 21.8 Å². The van der Waals surface area contributed by atoms with Gasteiger partial charge in [-0.15, -0.1) is 6.58 Å². The average molecular weight is 698 g/mol. The summed E-state index contributed by atoms with van der Waals surface area (Å²) in [6.45, 7) is 6.18. The van der Waals surface area contributed by atoms with Crippen molar-refractivity contribution in [2.24, 2.45) is 5.92 Å². The van der Waals surface area contributed by atoms with E-state index in [-0.39, 0.29) is 18.6 Å². The summed E-state index contributed by atoms with van der Waals surface area (Å²) in [6.07, 6.45) is 9.47. The molecule has 2 saturated carbocycles. The fraction of sp³-hybridized carbons (Fsp3) is 0.571. The van der Waals surface area contributed by atoms with Crippen molar-refractivity contribution in [3.05, 3.63) is 59.0 Å². The number of ether oxygens (including phenoxy) is 1. The molecule has 13 nitrogen and oxygen atoms in total. The number of aryl methyl sites for hydroxylation is 1. The monoisotopic (exact) mass is 697 g/mol. The van der Waals surface area contributed by atoms with E-state index in [0.717, 1.165) is 36.6 Å². The van der Waals surface area contributed by atoms with Crippen LogP contribution in [-0.4, -0.2) is 78.1 Å². The lowest BCUT2D eigenvalue weighted by Gasteiger charge is -2.30. The topological polar surface area (TPSA) is 184 Å². The maximum absolute atomic E-state index is 13.7. The maximum atomic E-state index is 13.7. The Morgan fingerprint density at radius 2 is 1.92 bits per heavy atom. The number of aromatic amines is 1. The highest BCUT2D eigenvalue weighted by Crippen LogP contribution is 2.45. The van der Waals surface area contributed by atoms with Gasteiger partial charge in [-0.1, -0.05) is 38.0 Å². The van der Waals surface area contributed by atoms with Gasteiger partial charge in [0.05, 0.1) is 11.9 Å². The van der Waals surface area contributed by atoms with Gasteiger partial charge in [-0.2, -0.15) is 0 Å². The Labute approximate surface area is 286 Å². The third kappa shape index (κ3) is 8.70. The van der Waals surface area contributed by atoms with Crippen LogP contribution in [0.4, 0.5) is 4.79 Å². The van der Waals surface area contributed by atoms with E-state index >= 15 is 0 Å². The summed E-state index contributed by atoms with van der Waals surface area (Å²) in [5.41, 5.74) is -0.489. The first-order valence-corrected chi connectivity index (χ1v) is 18.9. The molecule has 4 amide bonds. The Balaban J connectivity index is 1.10. The van der Waals surface area contributed by atoms with Crippen LogP contribution in [0, 0.1) is 5.92 Å². The lowest BCUT2D eigenvalue weighted by atomic mass is 10.0. The minimum Gasteiger partial charge on any atom is -0.450 e. The molecule has 2 aliphatic carbocycles. The molecule has 1 saturated heterocycles. The number of H-pyrrole nitrogens is 1. The van der Waals surface area contributed by atoms with Crippen molar-refractivity contribution in [2.75, 3.05) is 13.2 Å². The second-order valence-electron chi connectivity index (χ2n) is 13.4. The summed E-state index contributed by atoms with van der Waals surface area (Å²) in [5.74, 6) is -2.16. The van der Waals surface area contributed by atoms with Gasteiger partial charge < -0.3 is 25.3 Å². The normalized spacial score (nSPS) is 22.3. The highest BCUT2D eigenvalue weighted by atomic mass is 32.2. The van der Waals surface area contributed by atoms with Crippen molar-refractivity contribution in [1.29, 1.82) is 0 Å². The Kier molecular flexibility index (Phi) is 11.5. The summed E-state index contributed by atoms with van der Waals surface area (Å²) in [6, 6.07) is 5.95. The molecule has 0 bridgehead atoms. The van der Waals surface area contributed by atoms with Crippen LogP contribution >= 0.6 is 0 Å². The van der Waals surface area contributed by atoms with E-state index in [1.165, 1.54) is 11.0 Å². The van der Waals surface area contributed by atoms with Crippen LogP contribution in [0.1, 0.15) is 83.1 Å². The fourth-order valence-electron chi connectivity index (χ4n) is 6.53. The number of likely N-dealkylation sites (tertiary alicyclic amines) is 1. The molecule has 1 aromatic heterocycles. The van der Waals surface area contributed by atoms with Crippen molar-refractivity contribution in [1.82, 2.24) is 25.2 Å². The predicted molar refractivity (Wildman–Crippen MR) is 184 cm³/mol. The van der Waals surface area contributed by atoms with E-state index in [1.54, 1.807) is 6.20 Å². The first-order valence-electron chi connectivity index (χ1n) is 17.3. The Morgan fingerprint density at radius 1 is 1.12 bits per heavy atom. The number of unbranched alkanes of at least 4 members (excludes halogenated alkanes) is 3. The van der Waals surface area contributed by atoms with Crippen LogP contribution in [0.2, 0.25) is 0 Å². The van der Waals surface area contributed by atoms with E-state index in [9.17, 15) is 32.4 Å². The van der Waals surface area contributed by atoms with Gasteiger partial charge in [0.1, 0.15) is 17.6 Å². The smallest absolute Gasteiger partial charge is 0.407 e. The van der Waals surface area contributed by atoms with Crippen LogP contribution < -0.4 is 20.9 Å². The van der Waals surface area contributed by atoms with Crippen LogP contribution in [0.15, 0.2) is 47.9 Å². The number of benzene rings is 1. The molecule has 49 heavy (non-hydrogen) atoms. The highest BCUT2D eigenvalue weighted by molar-refractivity contribution is 7.91. The summed E-state index contributed by atoms with van der Waals surface area (Å²) in [7, 11) is -3.82. The van der Waals surface area contributed by atoms with E-state index in [4.69, 9.17) is 4.74 Å². The lowest BCUT2D eigenvalue weighted by molar-refractivity contribution is -0.141. The average Bonchev–Trinajstić information content (AvgIpc) is 4.00. The Morgan fingerprint density at radius 3 is 2.63 bits per heavy atom. The SMILES string of the molecule is C=C[C@@H]1CC1(NC(=O)[C@@H]1CCCN1C(=O)[C@H](CCCC)NC(=O)OCCCCCc1ccc2cc[nH]c(=O)c2c1)C(=O)NS(=O)(=O)C1CC1. The van der Waals surface area contributed by atoms with Gasteiger partial charge in [-0.25, -0.2) is 13.2 Å². The fourth-order valence-corrected chi connectivity index (χ4v) is 7.89. The van der Waals surface area contributed by atoms with Gasteiger partial charge in [0, 0.05) is 24.0 Å². The maximum Gasteiger partial charge on any atom is 0.407 e. The van der Waals surface area contributed by atoms with Crippen LogP contribution in [0.5, 0.6) is 0 Å². The van der Waals surface area contributed by atoms with Crippen molar-refractivity contribution in [3.8, 4) is 0 Å². The number of amides is 4. The molecule has 2 aromatic rings. The molecule has 5 rings (SSSR count). The first kappa shape index (κ1) is 36.1. The Hall–Kier alpha value is -4.20. The number of pyridine rings is 1. The molecule has 0 radical (unpaired) electrons. The third-order valence-electron chi connectivity index (χ3n) is 9.71. The van der Waals surface area contributed by atoms with Crippen LogP contribution in [0.25, 0.3) is 10.8 Å². The minimum atomic E-state index is -3.82. The summed E-state index contributed by atoms with van der Waals surface area (Å²) < 4.78 is 32.4. The summed E-state index contributed by atoms with van der Waals surface area (Å²) in [5, 5.41) is 6.41. The second-order valence-corrected chi connectivity index (χ2v) is 15.3. The molecular formula is C35H47N5O8S. The van der Waals surface area contributed by atoms with Gasteiger partial charge in [0.15, 0.2) is 0 Å². The Bertz CT molecular complexity index is 1740. The molecule has 14 heteroatoms. The standard InChI is InChI=1S/C35H47N5O8S/c1-3-5-11-28(37-34(45)48-20-8-6-7-10-23-13-14-24-17-18-36-30(41)27(24)21-23)32(43)40-19-9-12-29(40)31(42)38-35(22-25(35)4-2)33(44)39-49(46,47)26-15-16-26/h4,13-14,17-18,21,25-26,28-29H,2-3,5-12,15-16,19-20,22H2,1H3,(H,36,41)(H,37,45)(H,38,42)(H,39,44)/t25-,28+,29+,35?/m1/s1. The molecule has 1 aliphatic heterocycles. The quantitative estimate of drug-likeness (QED) is 0.144. The predicted octanol–water partition coefficient (Wildman–Crippen LogP) is 3.19. The van der Waals surface area contributed by atoms with Crippen molar-refractivity contribution >= 4 is 44.6 Å². The molecule has 4 N–H and O–H groups in total. The molecule has 0 spiro atoms. The van der Waals surface area contributed by atoms with Gasteiger partial charge in [-0.3, -0.25) is 23.9 Å². The van der Waals surface area contributed by atoms with Crippen molar-refractivity contribution in [3.63, 3.8) is 0 Å². The van der Waals surface area contributed by atoms with Gasteiger partial charge in [0.25, 0.3) is 11.5 Å². The second kappa shape index (κ2) is 15.6. The largest absolute Gasteiger partial charge is 0.450 e. The number of carbonyl (C=O) groups is 4. The molecule has 4 atom stereocenters. The van der Waals surface area contributed by atoms with E-state index in [1.807, 2.05) is 31.2 Å². The summed E-state index contributed by atoms with van der Waals surface area (Å²) >= 11 is 0. The molecule has 3 fully saturated rings. The lowest BCUT2D eigenvalue weighted by Crippen LogP contribution is -2.58. The molecule has 266 valence electrons. The number of hydrogen-bond donors (Lipinski definition) is 4. The van der Waals surface area contributed by atoms with E-state index in [0.29, 0.717) is 56.9 Å². The number of fused-ring (bicyclic) bond motifs is 1. The van der Waals surface area contributed by atoms with Crippen LogP contribution in [-0.2, 0) is 35.6 Å². The van der Waals surface area contributed by atoms with Crippen molar-refractivity contribution in [2.45, 2.75) is 107 Å². The van der Waals surface area contributed by atoms with Gasteiger partial charge in [-0.05, 0) is 87.3 Å². The molecular weight excluding hydrogens is 650 g/mol. The third-order valence-corrected chi connectivity index (χ3v) is 11.5. The highest BCUT2D eigenvalue weighted by Gasteiger charge is 2.61. The molecule has 1 unspecified atom stereocenters. The number of nitrogens with one attached hydrogen (secondary N) is 4. The van der Waals surface area contributed by atoms with E-state index < -0.39 is 62.6 Å². The number of hydrogen-bond acceptors (Lipinski definition) is 8. The zero-order valence-corrected chi connectivity index (χ0v) is 28.8. The molecule has 1 aromatic carbocycles. The van der Waals surface area contributed by atoms with Crippen LogP contribution in [0.3, 0.4) is 0 Å².